The summed E-state index contributed by atoms with van der Waals surface area (Å²) in [5, 5.41) is 0. The molecule has 1 saturated heterocycles. The van der Waals surface area contributed by atoms with Gasteiger partial charge in [0.1, 0.15) is 0 Å². The molecule has 7 nitrogen and oxygen atoms in total. The molecule has 0 aromatic rings. The second-order valence-electron chi connectivity index (χ2n) is 1.36. The maximum atomic E-state index is 9.75. The van der Waals surface area contributed by atoms with Crippen molar-refractivity contribution in [3.05, 3.63) is 0 Å². The van der Waals surface area contributed by atoms with Crippen LogP contribution in [0.15, 0.2) is 0 Å². The number of phosphoric acid groups is 1. The number of hydrogen-bond donors (Lipinski definition) is 3. The van der Waals surface area contributed by atoms with Gasteiger partial charge < -0.3 is 23.6 Å². The van der Waals surface area contributed by atoms with Gasteiger partial charge in [0.05, 0.1) is 0 Å². The smallest absolute Gasteiger partial charge is 0.333 e. The Labute approximate surface area is 64.2 Å². The van der Waals surface area contributed by atoms with Crippen molar-refractivity contribution in [2.45, 2.75) is 0 Å². The second-order valence-corrected chi connectivity index (χ2v) is 3.90. The minimum Gasteiger partial charge on any atom is -0.333 e. The van der Waals surface area contributed by atoms with Crippen LogP contribution in [0.5, 0.6) is 0 Å². The third-order valence-corrected chi connectivity index (χ3v) is 1.06. The molecule has 3 radical (unpaired) electrons. The van der Waals surface area contributed by atoms with Crippen LogP contribution in [0.25, 0.3) is 0 Å². The van der Waals surface area contributed by atoms with Gasteiger partial charge in [0, 0.05) is 0 Å². The predicted molar refractivity (Wildman–Crippen MR) is 35.5 cm³/mol. The summed E-state index contributed by atoms with van der Waals surface area (Å²) < 4.78 is 26.6. The van der Waals surface area contributed by atoms with Crippen LogP contribution in [0.3, 0.4) is 0 Å². The van der Waals surface area contributed by atoms with Crippen LogP contribution in [-0.2, 0) is 18.0 Å². The van der Waals surface area contributed by atoms with Gasteiger partial charge >= 0.3 is 15.5 Å². The van der Waals surface area contributed by atoms with Crippen LogP contribution in [-0.4, -0.2) is 29.9 Å². The molecule has 11 heteroatoms. The Kier molecular flexibility index (Phi) is 4.00. The Bertz CT molecular complexity index is 188. The first-order valence-electron chi connectivity index (χ1n) is 2.06. The first-order chi connectivity index (χ1) is 4.71. The minimum absolute atomic E-state index is 0.820. The van der Waals surface area contributed by atoms with Crippen LogP contribution in [0.1, 0.15) is 0 Å². The Balaban J connectivity index is 0.000000187. The zero-order valence-electron chi connectivity index (χ0n) is 5.02. The molecule has 11 heavy (non-hydrogen) atoms. The molecule has 0 unspecified atom stereocenters. The van der Waals surface area contributed by atoms with Crippen LogP contribution in [0.2, 0.25) is 0 Å². The van der Waals surface area contributed by atoms with Crippen molar-refractivity contribution in [2.24, 2.45) is 0 Å². The van der Waals surface area contributed by atoms with E-state index in [9.17, 15) is 4.57 Å². The zero-order valence-corrected chi connectivity index (χ0v) is 6.81. The average molecular weight is 199 g/mol. The van der Waals surface area contributed by atoms with E-state index < -0.39 is 15.3 Å². The lowest BCUT2D eigenvalue weighted by atomic mass is 10.4. The van der Waals surface area contributed by atoms with E-state index in [-0.39, 0.29) is 0 Å². The van der Waals surface area contributed by atoms with Crippen molar-refractivity contribution in [1.82, 2.24) is 0 Å². The van der Waals surface area contributed by atoms with Gasteiger partial charge in [-0.05, 0) is 0 Å². The van der Waals surface area contributed by atoms with E-state index >= 15 is 0 Å². The lowest BCUT2D eigenvalue weighted by Crippen LogP contribution is -2.12. The molecular formula is H3B2O7P2. The Hall–Kier alpha value is 0.390. The fourth-order valence-electron chi connectivity index (χ4n) is 0.117. The van der Waals surface area contributed by atoms with E-state index in [2.05, 4.69) is 16.4 Å². The highest BCUT2D eigenvalue weighted by molar-refractivity contribution is 7.77. The van der Waals surface area contributed by atoms with Gasteiger partial charge in [0.2, 0.25) is 7.57 Å². The Morgan fingerprint density at radius 1 is 1.45 bits per heavy atom. The van der Waals surface area contributed by atoms with Crippen LogP contribution >= 0.6 is 15.3 Å². The van der Waals surface area contributed by atoms with E-state index in [4.69, 9.17) is 19.2 Å². The zero-order chi connectivity index (χ0) is 9.12. The number of rotatable bonds is 0. The predicted octanol–water partition coefficient (Wildman–Crippen LogP) is -1.08. The van der Waals surface area contributed by atoms with Gasteiger partial charge in [-0.25, -0.2) is 4.57 Å². The second kappa shape index (κ2) is 3.87. The first-order valence-corrected chi connectivity index (χ1v) is 5.24. The van der Waals surface area contributed by atoms with Gasteiger partial charge in [-0.15, -0.1) is 0 Å². The quantitative estimate of drug-likeness (QED) is 0.335. The summed E-state index contributed by atoms with van der Waals surface area (Å²) in [6.45, 7) is 0. The molecule has 1 aliphatic rings. The van der Waals surface area contributed by atoms with Crippen LogP contribution in [0, 0.1) is 0 Å². The largest absolute Gasteiger partial charge is 0.505 e. The highest BCUT2D eigenvalue weighted by Gasteiger charge is 2.32. The molecule has 1 rings (SSSR count). The van der Waals surface area contributed by atoms with Crippen LogP contribution < -0.4 is 0 Å². The fourth-order valence-corrected chi connectivity index (χ4v) is 0.350. The van der Waals surface area contributed by atoms with Crippen molar-refractivity contribution in [1.29, 1.82) is 0 Å². The molecule has 1 fully saturated rings. The van der Waals surface area contributed by atoms with Gasteiger partial charge in [0.25, 0.3) is 7.47 Å². The van der Waals surface area contributed by atoms with E-state index in [1.54, 1.807) is 0 Å². The molecule has 0 bridgehead atoms. The van der Waals surface area contributed by atoms with Crippen molar-refractivity contribution in [3.63, 3.8) is 0 Å². The highest BCUT2D eigenvalue weighted by atomic mass is 31.2. The summed E-state index contributed by atoms with van der Waals surface area (Å²) in [4.78, 5) is 22.8. The molecule has 0 aromatic carbocycles. The molecule has 3 N–H and O–H groups in total. The lowest BCUT2D eigenvalue weighted by Gasteiger charge is -2.17. The standard InChI is InChI=1S/BHO4P.BH2O3P/c2-6(3)4-1-5-6;1-5(2,3)4/h(H,2,3);(H2,2,3,4). The third-order valence-electron chi connectivity index (χ3n) is 0.352. The summed E-state index contributed by atoms with van der Waals surface area (Å²) in [6, 6.07) is 0. The van der Waals surface area contributed by atoms with Crippen molar-refractivity contribution < 1.29 is 32.7 Å². The molecule has 0 aromatic heterocycles. The SMILES string of the molecule is O=P1(O)O[B]O1.[B]P(=O)(O)O. The van der Waals surface area contributed by atoms with Crippen LogP contribution in [0.4, 0.5) is 0 Å². The van der Waals surface area contributed by atoms with Gasteiger partial charge in [-0.1, -0.05) is 0 Å². The highest BCUT2D eigenvalue weighted by Crippen LogP contribution is 2.49. The van der Waals surface area contributed by atoms with Gasteiger partial charge in [-0.3, -0.25) is 4.57 Å². The molecule has 0 amide bonds. The third kappa shape index (κ3) is 10.4. The summed E-state index contributed by atoms with van der Waals surface area (Å²) in [7, 11) is -2.82. The maximum Gasteiger partial charge on any atom is 0.505 e. The summed E-state index contributed by atoms with van der Waals surface area (Å²) in [5.41, 5.74) is 0. The summed E-state index contributed by atoms with van der Waals surface area (Å²) in [6.07, 6.45) is 0. The van der Waals surface area contributed by atoms with Gasteiger partial charge in [0.15, 0.2) is 0 Å². The molecule has 0 spiro atoms. The topological polar surface area (TPSA) is 113 Å². The molecule has 61 valence electrons. The van der Waals surface area contributed by atoms with E-state index in [1.807, 2.05) is 0 Å². The Morgan fingerprint density at radius 2 is 1.64 bits per heavy atom. The molecular weight excluding hydrogens is 196 g/mol. The molecule has 1 heterocycles. The maximum absolute atomic E-state index is 9.75. The average Bonchev–Trinajstić information content (AvgIpc) is 1.57. The molecule has 1 aliphatic heterocycles. The van der Waals surface area contributed by atoms with Crippen molar-refractivity contribution >= 4 is 30.5 Å². The minimum atomic E-state index is -4.14. The van der Waals surface area contributed by atoms with Crippen molar-refractivity contribution in [3.8, 4) is 0 Å². The van der Waals surface area contributed by atoms with Gasteiger partial charge in [-0.2, -0.15) is 0 Å². The molecule has 0 atom stereocenters. The monoisotopic (exact) mass is 199 g/mol. The first kappa shape index (κ1) is 11.4. The van der Waals surface area contributed by atoms with E-state index in [1.165, 1.54) is 0 Å². The summed E-state index contributed by atoms with van der Waals surface area (Å²) >= 11 is 0. The van der Waals surface area contributed by atoms with E-state index in [0.717, 1.165) is 7.69 Å². The molecule has 0 saturated carbocycles. The Morgan fingerprint density at radius 3 is 1.64 bits per heavy atom. The summed E-state index contributed by atoms with van der Waals surface area (Å²) in [5.74, 6) is 0. The lowest BCUT2D eigenvalue weighted by molar-refractivity contribution is 0.222. The van der Waals surface area contributed by atoms with E-state index in [0.29, 0.717) is 0 Å². The van der Waals surface area contributed by atoms with Crippen molar-refractivity contribution in [2.75, 3.05) is 0 Å². The fraction of sp³-hybridized carbons (Fsp3) is 0. The molecule has 0 aliphatic carbocycles. The normalized spacial score (nSPS) is 20.3. The number of hydrogen-bond acceptors (Lipinski definition) is 4.